The smallest absolute Gasteiger partial charge is 0.387 e. The maximum Gasteiger partial charge on any atom is 0.387 e. The van der Waals surface area contributed by atoms with Gasteiger partial charge in [0.25, 0.3) is 0 Å². The Morgan fingerprint density at radius 1 is 1.11 bits per heavy atom. The van der Waals surface area contributed by atoms with Crippen LogP contribution in [0.5, 0.6) is 5.75 Å². The van der Waals surface area contributed by atoms with Gasteiger partial charge in [-0.1, -0.05) is 18.2 Å². The maximum atomic E-state index is 12.3. The molecule has 5 heteroatoms. The van der Waals surface area contributed by atoms with Crippen molar-refractivity contribution in [2.45, 2.75) is 13.5 Å². The number of nitrogens with two attached hydrogens (primary N) is 1. The zero-order valence-electron chi connectivity index (χ0n) is 10.4. The number of aryl methyl sites for hydroxylation is 1. The van der Waals surface area contributed by atoms with Crippen LogP contribution in [0.1, 0.15) is 5.56 Å². The fourth-order valence-corrected chi connectivity index (χ4v) is 1.69. The van der Waals surface area contributed by atoms with Crippen LogP contribution in [0.2, 0.25) is 0 Å². The fourth-order valence-electron chi connectivity index (χ4n) is 1.69. The summed E-state index contributed by atoms with van der Waals surface area (Å²) < 4.78 is 29.1. The highest BCUT2D eigenvalue weighted by atomic mass is 19.3. The molecule has 0 amide bonds. The molecule has 0 saturated heterocycles. The molecule has 100 valence electrons. The molecule has 2 rings (SSSR count). The first-order valence-electron chi connectivity index (χ1n) is 5.73. The van der Waals surface area contributed by atoms with Crippen LogP contribution in [0.25, 0.3) is 0 Å². The van der Waals surface area contributed by atoms with E-state index >= 15 is 0 Å². The van der Waals surface area contributed by atoms with Crippen molar-refractivity contribution in [3.8, 4) is 5.75 Å². The first-order valence-corrected chi connectivity index (χ1v) is 5.73. The molecule has 2 aromatic carbocycles. The standard InChI is InChI=1S/C14H14F2N2O/c1-9-6-7-10(17)12(8-9)18-11-4-2-3-5-13(11)19-14(15)16/h2-8,14,18H,17H2,1H3. The third-order valence-corrected chi connectivity index (χ3v) is 2.58. The number of ether oxygens (including phenoxy) is 1. The highest BCUT2D eigenvalue weighted by Crippen LogP contribution is 2.31. The van der Waals surface area contributed by atoms with Crippen LogP contribution in [0, 0.1) is 6.92 Å². The molecule has 0 heterocycles. The molecule has 0 bridgehead atoms. The molecule has 0 fully saturated rings. The number of rotatable bonds is 4. The van der Waals surface area contributed by atoms with Crippen LogP contribution < -0.4 is 15.8 Å². The van der Waals surface area contributed by atoms with E-state index in [-0.39, 0.29) is 5.75 Å². The molecular weight excluding hydrogens is 250 g/mol. The lowest BCUT2D eigenvalue weighted by Crippen LogP contribution is -2.05. The van der Waals surface area contributed by atoms with Crippen LogP contribution in [-0.4, -0.2) is 6.61 Å². The van der Waals surface area contributed by atoms with Crippen LogP contribution >= 0.6 is 0 Å². The van der Waals surface area contributed by atoms with Gasteiger partial charge in [-0.05, 0) is 36.8 Å². The van der Waals surface area contributed by atoms with Gasteiger partial charge < -0.3 is 15.8 Å². The van der Waals surface area contributed by atoms with Crippen LogP contribution in [0.3, 0.4) is 0 Å². The average Bonchev–Trinajstić information content (AvgIpc) is 2.35. The van der Waals surface area contributed by atoms with Crippen molar-refractivity contribution in [2.24, 2.45) is 0 Å². The lowest BCUT2D eigenvalue weighted by molar-refractivity contribution is -0.0493. The summed E-state index contributed by atoms with van der Waals surface area (Å²) in [7, 11) is 0. The molecular formula is C14H14F2N2O. The van der Waals surface area contributed by atoms with Crippen molar-refractivity contribution in [2.75, 3.05) is 11.1 Å². The largest absolute Gasteiger partial charge is 0.433 e. The number of anilines is 3. The second-order valence-corrected chi connectivity index (χ2v) is 4.09. The van der Waals surface area contributed by atoms with E-state index in [2.05, 4.69) is 10.1 Å². The minimum Gasteiger partial charge on any atom is -0.433 e. The summed E-state index contributed by atoms with van der Waals surface area (Å²) >= 11 is 0. The maximum absolute atomic E-state index is 12.3. The molecule has 0 unspecified atom stereocenters. The molecule has 19 heavy (non-hydrogen) atoms. The highest BCUT2D eigenvalue weighted by molar-refractivity contribution is 5.75. The molecule has 0 saturated carbocycles. The minimum atomic E-state index is -2.86. The summed E-state index contributed by atoms with van der Waals surface area (Å²) in [6.07, 6.45) is 0. The monoisotopic (exact) mass is 264 g/mol. The van der Waals surface area contributed by atoms with Gasteiger partial charge in [-0.3, -0.25) is 0 Å². The van der Waals surface area contributed by atoms with E-state index < -0.39 is 6.61 Å². The summed E-state index contributed by atoms with van der Waals surface area (Å²) in [5.74, 6) is 0.0819. The van der Waals surface area contributed by atoms with Crippen LogP contribution in [0.4, 0.5) is 25.8 Å². The van der Waals surface area contributed by atoms with E-state index in [1.807, 2.05) is 19.1 Å². The lowest BCUT2D eigenvalue weighted by Gasteiger charge is -2.14. The van der Waals surface area contributed by atoms with E-state index in [9.17, 15) is 8.78 Å². The van der Waals surface area contributed by atoms with Gasteiger partial charge in [0.2, 0.25) is 0 Å². The van der Waals surface area contributed by atoms with Gasteiger partial charge in [0.15, 0.2) is 0 Å². The molecule has 2 aromatic rings. The fraction of sp³-hybridized carbons (Fsp3) is 0.143. The molecule has 0 radical (unpaired) electrons. The normalized spacial score (nSPS) is 10.5. The van der Waals surface area contributed by atoms with Crippen molar-refractivity contribution < 1.29 is 13.5 Å². The van der Waals surface area contributed by atoms with Crippen molar-refractivity contribution in [3.63, 3.8) is 0 Å². The van der Waals surface area contributed by atoms with E-state index in [1.54, 1.807) is 24.3 Å². The Hall–Kier alpha value is -2.30. The molecule has 0 aromatic heterocycles. The number of hydrogen-bond acceptors (Lipinski definition) is 3. The second kappa shape index (κ2) is 5.56. The van der Waals surface area contributed by atoms with Crippen molar-refractivity contribution in [3.05, 3.63) is 48.0 Å². The predicted molar refractivity (Wildman–Crippen MR) is 71.9 cm³/mol. The van der Waals surface area contributed by atoms with Gasteiger partial charge in [-0.2, -0.15) is 8.78 Å². The van der Waals surface area contributed by atoms with Gasteiger partial charge >= 0.3 is 6.61 Å². The van der Waals surface area contributed by atoms with Crippen molar-refractivity contribution in [1.29, 1.82) is 0 Å². The van der Waals surface area contributed by atoms with Gasteiger partial charge in [0, 0.05) is 0 Å². The number of nitrogen functional groups attached to an aromatic ring is 1. The molecule has 0 aliphatic carbocycles. The molecule has 3 nitrogen and oxygen atoms in total. The van der Waals surface area contributed by atoms with Crippen LogP contribution in [0.15, 0.2) is 42.5 Å². The van der Waals surface area contributed by atoms with Gasteiger partial charge in [-0.25, -0.2) is 0 Å². The third kappa shape index (κ3) is 3.34. The van der Waals surface area contributed by atoms with E-state index in [0.29, 0.717) is 17.1 Å². The first-order chi connectivity index (χ1) is 9.06. The van der Waals surface area contributed by atoms with E-state index in [1.165, 1.54) is 6.07 Å². The Kier molecular flexibility index (Phi) is 3.85. The Morgan fingerprint density at radius 2 is 1.84 bits per heavy atom. The second-order valence-electron chi connectivity index (χ2n) is 4.09. The molecule has 0 atom stereocenters. The minimum absolute atomic E-state index is 0.0819. The summed E-state index contributed by atoms with van der Waals surface area (Å²) in [6, 6.07) is 12.0. The molecule has 0 aliphatic heterocycles. The summed E-state index contributed by atoms with van der Waals surface area (Å²) in [4.78, 5) is 0. The van der Waals surface area contributed by atoms with Crippen molar-refractivity contribution in [1.82, 2.24) is 0 Å². The average molecular weight is 264 g/mol. The Morgan fingerprint density at radius 3 is 2.58 bits per heavy atom. The Labute approximate surface area is 110 Å². The van der Waals surface area contributed by atoms with Gasteiger partial charge in [0.1, 0.15) is 5.75 Å². The SMILES string of the molecule is Cc1ccc(N)c(Nc2ccccc2OC(F)F)c1. The highest BCUT2D eigenvalue weighted by Gasteiger charge is 2.10. The summed E-state index contributed by atoms with van der Waals surface area (Å²) in [5, 5.41) is 3.00. The first kappa shape index (κ1) is 13.1. The molecule has 3 N–H and O–H groups in total. The molecule has 0 aliphatic rings. The number of alkyl halides is 2. The Bertz CT molecular complexity index is 573. The van der Waals surface area contributed by atoms with Crippen LogP contribution in [-0.2, 0) is 0 Å². The summed E-state index contributed by atoms with van der Waals surface area (Å²) in [5.41, 5.74) is 8.50. The van der Waals surface area contributed by atoms with Gasteiger partial charge in [0.05, 0.1) is 17.1 Å². The number of nitrogens with one attached hydrogen (secondary N) is 1. The number of hydrogen-bond donors (Lipinski definition) is 2. The zero-order valence-corrected chi connectivity index (χ0v) is 10.4. The number of halogens is 2. The van der Waals surface area contributed by atoms with Gasteiger partial charge in [-0.15, -0.1) is 0 Å². The quantitative estimate of drug-likeness (QED) is 0.823. The summed E-state index contributed by atoms with van der Waals surface area (Å²) in [6.45, 7) is -0.940. The van der Waals surface area contributed by atoms with E-state index in [0.717, 1.165) is 5.56 Å². The third-order valence-electron chi connectivity index (χ3n) is 2.58. The van der Waals surface area contributed by atoms with E-state index in [4.69, 9.17) is 5.73 Å². The topological polar surface area (TPSA) is 47.3 Å². The lowest BCUT2D eigenvalue weighted by atomic mass is 10.2. The Balaban J connectivity index is 2.30. The van der Waals surface area contributed by atoms with Crippen molar-refractivity contribution >= 4 is 17.1 Å². The zero-order chi connectivity index (χ0) is 13.8. The predicted octanol–water partition coefficient (Wildman–Crippen LogP) is 3.92. The number of para-hydroxylation sites is 2. The molecule has 0 spiro atoms. The number of benzene rings is 2.